The minimum absolute atomic E-state index is 0.0130. The van der Waals surface area contributed by atoms with Gasteiger partial charge in [-0.1, -0.05) is 45.9 Å². The average molecular weight is 1220 g/mol. The minimum atomic E-state index is -1.93. The zero-order valence-electron chi connectivity index (χ0n) is 45.6. The second kappa shape index (κ2) is 33.0. The lowest BCUT2D eigenvalue weighted by molar-refractivity contribution is -0.145. The zero-order valence-corrected chi connectivity index (χ0v) is 48.0. The molecule has 4 rings (SSSR count). The Morgan fingerprint density at radius 2 is 1.06 bits per heavy atom. The summed E-state index contributed by atoms with van der Waals surface area (Å²) in [6.07, 6.45) is -4.07. The number of aliphatic hydroxyl groups excluding tert-OH is 2. The van der Waals surface area contributed by atoms with Crippen LogP contribution in [0.4, 0.5) is 0 Å². The summed E-state index contributed by atoms with van der Waals surface area (Å²) in [5.74, 6) is -13.5. The molecular formula is C51H72N12O17S3. The van der Waals surface area contributed by atoms with Crippen LogP contribution in [0.15, 0.2) is 48.5 Å². The highest BCUT2D eigenvalue weighted by Gasteiger charge is 2.43. The van der Waals surface area contributed by atoms with E-state index in [9.17, 15) is 83.1 Å². The highest BCUT2D eigenvalue weighted by atomic mass is 33.1. The summed E-state index contributed by atoms with van der Waals surface area (Å²) in [7, 11) is 1.82. The average Bonchev–Trinajstić information content (AvgIpc) is 4.18. The number of amides is 11. The van der Waals surface area contributed by atoms with Crippen LogP contribution in [0.5, 0.6) is 11.5 Å². The molecule has 0 radical (unpaired) electrons. The standard InChI is InChI=1S/C51H72N12O17S3/c1-24(64)40-49(77)62-41(25(2)65)50(78)63-17-4-5-37(63)48(76)59-35(21-39(54)69)46(74)58-33(19-26-6-10-28(66)11-7-26)45(73)60-36(51(79)80)23-83-82-22-30(52)42(70)55-32(16-18-81-3)44(72)56-31(14-15-38(53)68)43(71)57-34(47(75)61-40)20-27-8-12-29(67)13-9-27/h6-13,24-25,30-37,40-41,64-67H,4-5,14-23,52H2,1-3H3,(H2,53,68)(H2,54,69)(H,55,70)(H,56,72)(H,57,71)(H,58,74)(H,59,76)(H,60,73)(H,61,75)(H,62,77)(H,79,80)/t24-,25-,30+,31+,32+,33+,34+,35+,36+,37+,40+,41+/m0/s1. The lowest BCUT2D eigenvalue weighted by atomic mass is 10.0. The molecule has 0 aromatic heterocycles. The minimum Gasteiger partial charge on any atom is -0.508 e. The molecule has 456 valence electrons. The topological polar surface area (TPSA) is 484 Å². The first-order valence-corrected chi connectivity index (χ1v) is 30.0. The summed E-state index contributed by atoms with van der Waals surface area (Å²) in [6, 6.07) is -5.48. The van der Waals surface area contributed by atoms with Crippen molar-refractivity contribution >= 4 is 104 Å². The van der Waals surface area contributed by atoms with Gasteiger partial charge >= 0.3 is 5.97 Å². The Labute approximate surface area is 489 Å². The first kappa shape index (κ1) is 68.1. The van der Waals surface area contributed by atoms with E-state index in [0.29, 0.717) is 16.9 Å². The molecule has 19 N–H and O–H groups in total. The Morgan fingerprint density at radius 1 is 0.602 bits per heavy atom. The van der Waals surface area contributed by atoms with E-state index in [4.69, 9.17) is 17.2 Å². The molecule has 2 fully saturated rings. The quantitative estimate of drug-likeness (QED) is 0.0744. The first-order valence-electron chi connectivity index (χ1n) is 26.1. The van der Waals surface area contributed by atoms with Gasteiger partial charge in [0.2, 0.25) is 65.0 Å². The van der Waals surface area contributed by atoms with Gasteiger partial charge < -0.3 is 90.2 Å². The summed E-state index contributed by atoms with van der Waals surface area (Å²) in [5, 5.41) is 71.4. The molecule has 0 unspecified atom stereocenters. The number of benzene rings is 2. The fourth-order valence-electron chi connectivity index (χ4n) is 8.52. The highest BCUT2D eigenvalue weighted by molar-refractivity contribution is 8.76. The molecule has 29 nitrogen and oxygen atoms in total. The molecule has 2 aliphatic heterocycles. The molecule has 2 aromatic rings. The van der Waals surface area contributed by atoms with Gasteiger partial charge in [-0.3, -0.25) is 52.7 Å². The number of hydrogen-bond acceptors (Lipinski definition) is 20. The molecule has 2 heterocycles. The van der Waals surface area contributed by atoms with E-state index in [-0.39, 0.29) is 61.7 Å². The van der Waals surface area contributed by atoms with Crippen molar-refractivity contribution in [3.8, 4) is 11.5 Å². The number of aliphatic hydroxyl groups is 2. The highest BCUT2D eigenvalue weighted by Crippen LogP contribution is 2.24. The van der Waals surface area contributed by atoms with E-state index < -0.39 is 163 Å². The third kappa shape index (κ3) is 21.7. The van der Waals surface area contributed by atoms with Crippen LogP contribution in [0, 0.1) is 0 Å². The van der Waals surface area contributed by atoms with E-state index in [1.165, 1.54) is 60.3 Å². The van der Waals surface area contributed by atoms with Gasteiger partial charge in [0.25, 0.3) is 0 Å². The number of carbonyl (C=O) groups is 12. The Bertz CT molecular complexity index is 2660. The summed E-state index contributed by atoms with van der Waals surface area (Å²) in [4.78, 5) is 165. The maximum Gasteiger partial charge on any atom is 0.327 e. The van der Waals surface area contributed by atoms with Crippen LogP contribution >= 0.6 is 33.3 Å². The third-order valence-electron chi connectivity index (χ3n) is 13.1. The number of phenols is 2. The molecule has 12 atom stereocenters. The van der Waals surface area contributed by atoms with E-state index in [1.54, 1.807) is 6.26 Å². The molecule has 32 heteroatoms. The maximum absolute atomic E-state index is 14.3. The summed E-state index contributed by atoms with van der Waals surface area (Å²) >= 11 is 1.31. The first-order chi connectivity index (χ1) is 39.2. The van der Waals surface area contributed by atoms with E-state index in [0.717, 1.165) is 40.3 Å². The molecule has 0 saturated carbocycles. The normalized spacial score (nSPS) is 26.3. The number of carboxylic acids is 1. The van der Waals surface area contributed by atoms with Crippen molar-refractivity contribution in [3.63, 3.8) is 0 Å². The number of carboxylic acid groups (broad SMARTS) is 1. The maximum atomic E-state index is 14.3. The van der Waals surface area contributed by atoms with Crippen molar-refractivity contribution in [2.75, 3.05) is 30.1 Å². The number of phenolic OH excluding ortho intramolecular Hbond substituents is 2. The summed E-state index contributed by atoms with van der Waals surface area (Å²) < 4.78 is 0. The molecule has 2 saturated heterocycles. The number of nitrogens with two attached hydrogens (primary N) is 3. The molecule has 0 spiro atoms. The molecule has 83 heavy (non-hydrogen) atoms. The number of carbonyl (C=O) groups excluding carboxylic acids is 11. The Balaban J connectivity index is 1.78. The van der Waals surface area contributed by atoms with Gasteiger partial charge in [0.05, 0.1) is 24.7 Å². The number of hydrogen-bond donors (Lipinski definition) is 16. The molecular weight excluding hydrogens is 1150 g/mol. The zero-order chi connectivity index (χ0) is 61.7. The SMILES string of the molecule is CSCC[C@H]1NC(=O)[C@H](N)CSSC[C@H](C(=O)O)NC(=O)[C@@H](Cc2ccc(O)cc2)NC(=O)[C@@H](CC(N)=O)NC(=O)[C@H]2CCCN2C(=O)[C@@H]([C@H](C)O)NC(=O)[C@@H]([C@H](C)O)NC(=O)[C@@H](Cc2ccc(O)cc2)NC(=O)[C@@H](CCC(N)=O)NC1=O. The summed E-state index contributed by atoms with van der Waals surface area (Å²) in [5.41, 5.74) is 17.8. The van der Waals surface area contributed by atoms with Crippen molar-refractivity contribution in [1.29, 1.82) is 0 Å². The van der Waals surface area contributed by atoms with Crippen molar-refractivity contribution in [2.24, 2.45) is 17.2 Å². The number of rotatable bonds is 15. The van der Waals surface area contributed by atoms with Crippen LogP contribution in [0.25, 0.3) is 0 Å². The van der Waals surface area contributed by atoms with Crippen LogP contribution in [0.1, 0.15) is 63.5 Å². The predicted octanol–water partition coefficient (Wildman–Crippen LogP) is -4.79. The summed E-state index contributed by atoms with van der Waals surface area (Å²) in [6.45, 7) is 2.08. The van der Waals surface area contributed by atoms with Crippen LogP contribution in [-0.2, 0) is 70.4 Å². The largest absolute Gasteiger partial charge is 0.508 e. The Morgan fingerprint density at radius 3 is 1.57 bits per heavy atom. The number of primary amides is 2. The molecule has 0 aliphatic carbocycles. The fraction of sp³-hybridized carbons (Fsp3) is 0.529. The van der Waals surface area contributed by atoms with Gasteiger partial charge in [0.15, 0.2) is 0 Å². The molecule has 0 bridgehead atoms. The van der Waals surface area contributed by atoms with Crippen LogP contribution in [0.2, 0.25) is 0 Å². The number of fused-ring (bicyclic) bond motifs is 1. The van der Waals surface area contributed by atoms with Gasteiger partial charge in [-0.25, -0.2) is 4.79 Å². The predicted molar refractivity (Wildman–Crippen MR) is 303 cm³/mol. The lowest BCUT2D eigenvalue weighted by Gasteiger charge is -2.32. The van der Waals surface area contributed by atoms with Crippen LogP contribution < -0.4 is 59.7 Å². The van der Waals surface area contributed by atoms with Crippen molar-refractivity contribution < 1.29 is 83.1 Å². The number of aromatic hydroxyl groups is 2. The van der Waals surface area contributed by atoms with Crippen LogP contribution in [-0.4, -0.2) is 204 Å². The van der Waals surface area contributed by atoms with Gasteiger partial charge in [-0.2, -0.15) is 11.8 Å². The van der Waals surface area contributed by atoms with Gasteiger partial charge in [0.1, 0.15) is 65.9 Å². The molecule has 2 aromatic carbocycles. The van der Waals surface area contributed by atoms with Crippen molar-refractivity contribution in [1.82, 2.24) is 47.4 Å². The third-order valence-corrected chi connectivity index (χ3v) is 16.2. The lowest BCUT2D eigenvalue weighted by Crippen LogP contribution is -2.63. The van der Waals surface area contributed by atoms with Gasteiger partial charge in [-0.05, 0) is 86.9 Å². The number of aliphatic carboxylic acids is 1. The smallest absolute Gasteiger partial charge is 0.327 e. The molecule has 2 aliphatic rings. The van der Waals surface area contributed by atoms with Crippen molar-refractivity contribution in [2.45, 2.75) is 138 Å². The second-order valence-electron chi connectivity index (χ2n) is 19.7. The van der Waals surface area contributed by atoms with Gasteiger partial charge in [-0.15, -0.1) is 0 Å². The number of thioether (sulfide) groups is 1. The Hall–Kier alpha value is -7.39. The van der Waals surface area contributed by atoms with E-state index in [2.05, 4.69) is 42.5 Å². The van der Waals surface area contributed by atoms with Crippen LogP contribution in [0.3, 0.4) is 0 Å². The van der Waals surface area contributed by atoms with E-state index in [1.807, 2.05) is 0 Å². The number of nitrogens with zero attached hydrogens (tertiary/aromatic N) is 1. The monoisotopic (exact) mass is 1220 g/mol. The second-order valence-corrected chi connectivity index (χ2v) is 23.3. The Kier molecular flexibility index (Phi) is 27.1. The fourth-order valence-corrected chi connectivity index (χ4v) is 11.3. The van der Waals surface area contributed by atoms with E-state index >= 15 is 0 Å². The van der Waals surface area contributed by atoms with Crippen molar-refractivity contribution in [3.05, 3.63) is 59.7 Å². The molecule has 11 amide bonds. The van der Waals surface area contributed by atoms with Gasteiger partial charge in [0, 0.05) is 37.3 Å². The number of nitrogens with one attached hydrogen (secondary N) is 8.